The van der Waals surface area contributed by atoms with Crippen molar-refractivity contribution < 1.29 is 18.8 Å². The molecule has 1 saturated heterocycles. The van der Waals surface area contributed by atoms with Gasteiger partial charge in [0.1, 0.15) is 17.4 Å². The first-order chi connectivity index (χ1) is 14.1. The molecule has 0 atom stereocenters. The molecule has 0 bridgehead atoms. The molecule has 148 valence electrons. The molecule has 4 rings (SSSR count). The summed E-state index contributed by atoms with van der Waals surface area (Å²) in [4.78, 5) is 30.5. The van der Waals surface area contributed by atoms with E-state index >= 15 is 0 Å². The zero-order valence-electron chi connectivity index (χ0n) is 15.6. The number of aromatic nitrogens is 2. The fraction of sp³-hybridized carbons (Fsp3) is 0.200. The van der Waals surface area contributed by atoms with Crippen molar-refractivity contribution in [3.05, 3.63) is 65.7 Å². The number of nitrogens with one attached hydrogen (secondary N) is 1. The number of ether oxygens (including phenoxy) is 1. The van der Waals surface area contributed by atoms with E-state index in [1.807, 2.05) is 13.0 Å². The Balaban J connectivity index is 1.48. The van der Waals surface area contributed by atoms with Crippen LogP contribution in [0.4, 0.5) is 16.2 Å². The van der Waals surface area contributed by atoms with Gasteiger partial charge in [0.2, 0.25) is 0 Å². The summed E-state index contributed by atoms with van der Waals surface area (Å²) in [5.74, 6) is 1.00. The summed E-state index contributed by atoms with van der Waals surface area (Å²) in [5, 5.41) is 7.44. The minimum absolute atomic E-state index is 0.280. The molecule has 2 aromatic heterocycles. The van der Waals surface area contributed by atoms with Gasteiger partial charge in [-0.3, -0.25) is 9.69 Å². The molecule has 0 spiro atoms. The number of cyclic esters (lactones) is 1. The molecule has 1 aliphatic heterocycles. The zero-order valence-corrected chi connectivity index (χ0v) is 16.4. The first-order valence-corrected chi connectivity index (χ1v) is 9.94. The van der Waals surface area contributed by atoms with Gasteiger partial charge in [0, 0.05) is 29.4 Å². The van der Waals surface area contributed by atoms with Crippen LogP contribution in [0.25, 0.3) is 0 Å². The van der Waals surface area contributed by atoms with Crippen molar-refractivity contribution in [1.82, 2.24) is 10.1 Å². The highest BCUT2D eigenvalue weighted by Crippen LogP contribution is 2.26. The van der Waals surface area contributed by atoms with E-state index in [0.717, 1.165) is 11.5 Å². The van der Waals surface area contributed by atoms with Crippen LogP contribution in [-0.2, 0) is 10.5 Å². The van der Waals surface area contributed by atoms with Gasteiger partial charge >= 0.3 is 6.09 Å². The molecule has 0 unspecified atom stereocenters. The Hall–Kier alpha value is -3.33. The minimum Gasteiger partial charge on any atom is -0.447 e. The number of nitrogens with zero attached hydrogens (tertiary/aromatic N) is 3. The molecule has 0 radical (unpaired) electrons. The Bertz CT molecular complexity index is 1050. The highest BCUT2D eigenvalue weighted by molar-refractivity contribution is 7.98. The number of thioether (sulfide) groups is 1. The Morgan fingerprint density at radius 3 is 2.93 bits per heavy atom. The number of benzene rings is 1. The summed E-state index contributed by atoms with van der Waals surface area (Å²) in [7, 11) is 0. The Morgan fingerprint density at radius 1 is 1.28 bits per heavy atom. The summed E-state index contributed by atoms with van der Waals surface area (Å²) in [5.41, 5.74) is 2.50. The number of carbonyl (C=O) groups excluding carboxylic acids is 2. The van der Waals surface area contributed by atoms with Gasteiger partial charge in [-0.25, -0.2) is 9.78 Å². The summed E-state index contributed by atoms with van der Waals surface area (Å²) in [6.07, 6.45) is 1.26. The van der Waals surface area contributed by atoms with Crippen LogP contribution >= 0.6 is 11.8 Å². The lowest BCUT2D eigenvalue weighted by atomic mass is 10.2. The number of pyridine rings is 1. The van der Waals surface area contributed by atoms with Gasteiger partial charge in [-0.1, -0.05) is 23.0 Å². The number of hydrogen-bond donors (Lipinski definition) is 1. The lowest BCUT2D eigenvalue weighted by molar-refractivity contribution is 0.102. The second-order valence-electron chi connectivity index (χ2n) is 6.34. The van der Waals surface area contributed by atoms with Crippen molar-refractivity contribution in [2.75, 3.05) is 23.4 Å². The molecule has 8 nitrogen and oxygen atoms in total. The van der Waals surface area contributed by atoms with E-state index in [9.17, 15) is 9.59 Å². The normalized spacial score (nSPS) is 13.4. The molecule has 29 heavy (non-hydrogen) atoms. The fourth-order valence-electron chi connectivity index (χ4n) is 2.88. The van der Waals surface area contributed by atoms with Gasteiger partial charge in [-0.15, -0.1) is 0 Å². The molecular formula is C20H18N4O4S. The molecule has 1 N–H and O–H groups in total. The predicted octanol–water partition coefficient (Wildman–Crippen LogP) is 3.88. The van der Waals surface area contributed by atoms with Crippen LogP contribution in [0.2, 0.25) is 0 Å². The van der Waals surface area contributed by atoms with E-state index in [1.165, 1.54) is 16.7 Å². The van der Waals surface area contributed by atoms with E-state index < -0.39 is 0 Å². The van der Waals surface area contributed by atoms with Gasteiger partial charge in [0.05, 0.1) is 17.8 Å². The molecule has 1 aromatic carbocycles. The maximum absolute atomic E-state index is 12.8. The van der Waals surface area contributed by atoms with Crippen molar-refractivity contribution in [2.45, 2.75) is 17.7 Å². The molecule has 3 aromatic rings. The summed E-state index contributed by atoms with van der Waals surface area (Å²) < 4.78 is 10.0. The third-order valence-corrected chi connectivity index (χ3v) is 5.26. The third kappa shape index (κ3) is 4.40. The van der Waals surface area contributed by atoms with E-state index in [4.69, 9.17) is 9.26 Å². The number of aryl methyl sites for hydroxylation is 1. The van der Waals surface area contributed by atoms with Crippen LogP contribution in [-0.4, -0.2) is 35.3 Å². The quantitative estimate of drug-likeness (QED) is 0.616. The molecular weight excluding hydrogens is 392 g/mol. The van der Waals surface area contributed by atoms with E-state index in [0.29, 0.717) is 40.9 Å². The second kappa shape index (κ2) is 8.36. The van der Waals surface area contributed by atoms with Gasteiger partial charge in [0.25, 0.3) is 5.91 Å². The minimum atomic E-state index is -0.387. The highest BCUT2D eigenvalue weighted by atomic mass is 32.2. The van der Waals surface area contributed by atoms with Gasteiger partial charge in [-0.05, 0) is 37.3 Å². The largest absolute Gasteiger partial charge is 0.447 e. The lowest BCUT2D eigenvalue weighted by Gasteiger charge is -2.14. The number of amides is 2. The summed E-state index contributed by atoms with van der Waals surface area (Å²) >= 11 is 1.41. The monoisotopic (exact) mass is 410 g/mol. The highest BCUT2D eigenvalue weighted by Gasteiger charge is 2.24. The summed E-state index contributed by atoms with van der Waals surface area (Å²) in [6.45, 7) is 2.68. The van der Waals surface area contributed by atoms with Gasteiger partial charge in [-0.2, -0.15) is 0 Å². The molecule has 0 aliphatic carbocycles. The van der Waals surface area contributed by atoms with Gasteiger partial charge < -0.3 is 14.6 Å². The molecule has 1 fully saturated rings. The van der Waals surface area contributed by atoms with Crippen LogP contribution < -0.4 is 10.2 Å². The van der Waals surface area contributed by atoms with E-state index in [2.05, 4.69) is 15.5 Å². The zero-order chi connectivity index (χ0) is 20.2. The number of anilines is 2. The van der Waals surface area contributed by atoms with E-state index in [1.54, 1.807) is 42.6 Å². The first-order valence-electron chi connectivity index (χ1n) is 8.96. The molecule has 9 heteroatoms. The standard InChI is InChI=1S/C20H18N4O4S/c1-13-10-15(23-28-13)12-29-19-17(6-3-7-21-19)18(25)22-14-4-2-5-16(11-14)24-8-9-27-20(24)26/h2-7,10-11H,8-9,12H2,1H3,(H,22,25). The fourth-order valence-corrected chi connectivity index (χ4v) is 3.76. The van der Waals surface area contributed by atoms with Crippen molar-refractivity contribution in [3.63, 3.8) is 0 Å². The first kappa shape index (κ1) is 19.0. The maximum atomic E-state index is 12.8. The van der Waals surface area contributed by atoms with Crippen molar-refractivity contribution in [3.8, 4) is 0 Å². The number of rotatable bonds is 6. The molecule has 1 aliphatic rings. The Kier molecular flexibility index (Phi) is 5.48. The number of hydrogen-bond acceptors (Lipinski definition) is 7. The average molecular weight is 410 g/mol. The van der Waals surface area contributed by atoms with Crippen LogP contribution in [0.5, 0.6) is 0 Å². The Morgan fingerprint density at radius 2 is 2.17 bits per heavy atom. The van der Waals surface area contributed by atoms with Crippen LogP contribution in [0.3, 0.4) is 0 Å². The maximum Gasteiger partial charge on any atom is 0.414 e. The number of carbonyl (C=O) groups is 2. The van der Waals surface area contributed by atoms with Crippen LogP contribution in [0.15, 0.2) is 58.2 Å². The Labute approximate surface area is 171 Å². The van der Waals surface area contributed by atoms with Crippen molar-refractivity contribution >= 4 is 35.1 Å². The van der Waals surface area contributed by atoms with E-state index in [-0.39, 0.29) is 12.0 Å². The SMILES string of the molecule is Cc1cc(CSc2ncccc2C(=O)Nc2cccc(N3CCOC3=O)c2)no1. The lowest BCUT2D eigenvalue weighted by Crippen LogP contribution is -2.23. The van der Waals surface area contributed by atoms with Gasteiger partial charge in [0.15, 0.2) is 0 Å². The third-order valence-electron chi connectivity index (χ3n) is 4.23. The molecule has 2 amide bonds. The second-order valence-corrected chi connectivity index (χ2v) is 7.31. The molecule has 0 saturated carbocycles. The topological polar surface area (TPSA) is 97.6 Å². The smallest absolute Gasteiger partial charge is 0.414 e. The summed E-state index contributed by atoms with van der Waals surface area (Å²) in [6, 6.07) is 12.4. The van der Waals surface area contributed by atoms with Crippen LogP contribution in [0, 0.1) is 6.92 Å². The average Bonchev–Trinajstić information content (AvgIpc) is 3.34. The molecule has 3 heterocycles. The van der Waals surface area contributed by atoms with Crippen molar-refractivity contribution in [2.24, 2.45) is 0 Å². The predicted molar refractivity (Wildman–Crippen MR) is 108 cm³/mol. The van der Waals surface area contributed by atoms with Crippen molar-refractivity contribution in [1.29, 1.82) is 0 Å². The van der Waals surface area contributed by atoms with Crippen LogP contribution in [0.1, 0.15) is 21.8 Å².